The summed E-state index contributed by atoms with van der Waals surface area (Å²) < 4.78 is 5.34. The molecule has 17 heavy (non-hydrogen) atoms. The molecule has 1 heterocycles. The fraction of sp³-hybridized carbons (Fsp3) is 0.538. The monoisotopic (exact) mass is 234 g/mol. The second-order valence-corrected chi connectivity index (χ2v) is 4.53. The average molecular weight is 234 g/mol. The normalized spacial score (nSPS) is 18.0. The lowest BCUT2D eigenvalue weighted by atomic mass is 9.89. The van der Waals surface area contributed by atoms with Crippen molar-refractivity contribution in [2.75, 3.05) is 6.61 Å². The third-order valence-electron chi connectivity index (χ3n) is 3.23. The molecular weight excluding hydrogens is 216 g/mol. The predicted octanol–water partition coefficient (Wildman–Crippen LogP) is 1.93. The maximum absolute atomic E-state index is 12.3. The van der Waals surface area contributed by atoms with Gasteiger partial charge in [-0.15, -0.1) is 0 Å². The molecule has 1 fully saturated rings. The first-order valence-corrected chi connectivity index (χ1v) is 6.07. The Labute approximate surface area is 101 Å². The molecule has 0 bridgehead atoms. The number of pyridine rings is 1. The summed E-state index contributed by atoms with van der Waals surface area (Å²) in [7, 11) is 0. The largest absolute Gasteiger partial charge is 0.492 e. The minimum atomic E-state index is -0.688. The number of ketones is 1. The molecule has 1 aromatic heterocycles. The topological polar surface area (TPSA) is 65.2 Å². The van der Waals surface area contributed by atoms with Crippen molar-refractivity contribution in [1.82, 2.24) is 4.98 Å². The SMILES string of the molecule is CCOc1cncc(C(=O)C2(N)CCCC2)c1. The van der Waals surface area contributed by atoms with E-state index in [9.17, 15) is 4.79 Å². The summed E-state index contributed by atoms with van der Waals surface area (Å²) in [5, 5.41) is 0. The van der Waals surface area contributed by atoms with Gasteiger partial charge in [0.15, 0.2) is 5.78 Å². The molecule has 1 aliphatic carbocycles. The van der Waals surface area contributed by atoms with Gasteiger partial charge >= 0.3 is 0 Å². The van der Waals surface area contributed by atoms with E-state index >= 15 is 0 Å². The Hall–Kier alpha value is -1.42. The summed E-state index contributed by atoms with van der Waals surface area (Å²) in [6.07, 6.45) is 6.77. The van der Waals surface area contributed by atoms with E-state index in [2.05, 4.69) is 4.98 Å². The lowest BCUT2D eigenvalue weighted by Crippen LogP contribution is -2.45. The zero-order chi connectivity index (χ0) is 12.3. The number of Topliss-reactive ketones (excluding diaryl/α,β-unsaturated/α-hetero) is 1. The Morgan fingerprint density at radius 3 is 2.82 bits per heavy atom. The van der Waals surface area contributed by atoms with E-state index in [1.54, 1.807) is 18.5 Å². The van der Waals surface area contributed by atoms with Crippen LogP contribution in [0.15, 0.2) is 18.5 Å². The van der Waals surface area contributed by atoms with Gasteiger partial charge in [-0.25, -0.2) is 0 Å². The van der Waals surface area contributed by atoms with E-state index in [-0.39, 0.29) is 5.78 Å². The smallest absolute Gasteiger partial charge is 0.184 e. The highest BCUT2D eigenvalue weighted by Crippen LogP contribution is 2.30. The van der Waals surface area contributed by atoms with Crippen LogP contribution in [0.3, 0.4) is 0 Å². The molecule has 0 spiro atoms. The summed E-state index contributed by atoms with van der Waals surface area (Å²) >= 11 is 0. The van der Waals surface area contributed by atoms with Gasteiger partial charge in [0.25, 0.3) is 0 Å². The highest BCUT2D eigenvalue weighted by molar-refractivity contribution is 6.03. The van der Waals surface area contributed by atoms with Gasteiger partial charge in [0, 0.05) is 11.8 Å². The summed E-state index contributed by atoms with van der Waals surface area (Å²) in [5.41, 5.74) is 6.01. The molecule has 0 atom stereocenters. The molecule has 0 aromatic carbocycles. The first-order valence-electron chi connectivity index (χ1n) is 6.07. The fourth-order valence-corrected chi connectivity index (χ4v) is 2.31. The van der Waals surface area contributed by atoms with E-state index in [0.717, 1.165) is 25.7 Å². The highest BCUT2D eigenvalue weighted by atomic mass is 16.5. The van der Waals surface area contributed by atoms with Crippen LogP contribution in [0.4, 0.5) is 0 Å². The molecule has 0 amide bonds. The van der Waals surface area contributed by atoms with Crippen molar-refractivity contribution in [1.29, 1.82) is 0 Å². The fourth-order valence-electron chi connectivity index (χ4n) is 2.31. The van der Waals surface area contributed by atoms with Crippen molar-refractivity contribution in [2.45, 2.75) is 38.1 Å². The number of nitrogens with zero attached hydrogens (tertiary/aromatic N) is 1. The molecule has 1 aliphatic rings. The lowest BCUT2D eigenvalue weighted by Gasteiger charge is -2.21. The zero-order valence-corrected chi connectivity index (χ0v) is 10.1. The second kappa shape index (κ2) is 4.84. The molecule has 1 aromatic rings. The van der Waals surface area contributed by atoms with Gasteiger partial charge in [0.1, 0.15) is 5.75 Å². The first-order chi connectivity index (χ1) is 8.15. The molecule has 1 saturated carbocycles. The Morgan fingerprint density at radius 2 is 2.18 bits per heavy atom. The molecule has 2 rings (SSSR count). The average Bonchev–Trinajstić information content (AvgIpc) is 2.77. The molecule has 4 nitrogen and oxygen atoms in total. The van der Waals surface area contributed by atoms with E-state index in [0.29, 0.717) is 17.9 Å². The van der Waals surface area contributed by atoms with Gasteiger partial charge in [-0.3, -0.25) is 9.78 Å². The standard InChI is InChI=1S/C13H18N2O2/c1-2-17-11-7-10(8-15-9-11)12(16)13(14)5-3-4-6-13/h7-9H,2-6,14H2,1H3. The molecule has 0 aliphatic heterocycles. The second-order valence-electron chi connectivity index (χ2n) is 4.53. The van der Waals surface area contributed by atoms with Crippen molar-refractivity contribution >= 4 is 5.78 Å². The van der Waals surface area contributed by atoms with Crippen LogP contribution >= 0.6 is 0 Å². The Bertz CT molecular complexity index is 412. The summed E-state index contributed by atoms with van der Waals surface area (Å²) in [4.78, 5) is 16.3. The first kappa shape index (κ1) is 12.0. The van der Waals surface area contributed by atoms with Gasteiger partial charge < -0.3 is 10.5 Å². The van der Waals surface area contributed by atoms with Crippen LogP contribution in [0.25, 0.3) is 0 Å². The Kier molecular flexibility index (Phi) is 3.43. The summed E-state index contributed by atoms with van der Waals surface area (Å²) in [6.45, 7) is 2.46. The van der Waals surface area contributed by atoms with Gasteiger partial charge in [0.05, 0.1) is 18.3 Å². The van der Waals surface area contributed by atoms with Crippen molar-refractivity contribution < 1.29 is 9.53 Å². The highest BCUT2D eigenvalue weighted by Gasteiger charge is 2.37. The van der Waals surface area contributed by atoms with E-state index in [1.165, 1.54) is 0 Å². The minimum absolute atomic E-state index is 0.0101. The summed E-state index contributed by atoms with van der Waals surface area (Å²) in [5.74, 6) is 0.615. The number of carbonyl (C=O) groups excluding carboxylic acids is 1. The Balaban J connectivity index is 2.21. The molecule has 4 heteroatoms. The molecule has 0 unspecified atom stereocenters. The van der Waals surface area contributed by atoms with Crippen molar-refractivity contribution in [3.05, 3.63) is 24.0 Å². The molecular formula is C13H18N2O2. The number of hydrogen-bond donors (Lipinski definition) is 1. The van der Waals surface area contributed by atoms with Gasteiger partial charge in [-0.2, -0.15) is 0 Å². The predicted molar refractivity (Wildman–Crippen MR) is 65.1 cm³/mol. The Morgan fingerprint density at radius 1 is 1.47 bits per heavy atom. The molecule has 0 radical (unpaired) electrons. The van der Waals surface area contributed by atoms with Crippen LogP contribution in [-0.2, 0) is 0 Å². The lowest BCUT2D eigenvalue weighted by molar-refractivity contribution is 0.0891. The third-order valence-corrected chi connectivity index (χ3v) is 3.23. The van der Waals surface area contributed by atoms with Crippen molar-refractivity contribution in [3.63, 3.8) is 0 Å². The van der Waals surface area contributed by atoms with E-state index in [4.69, 9.17) is 10.5 Å². The maximum atomic E-state index is 12.3. The van der Waals surface area contributed by atoms with Gasteiger partial charge in [-0.05, 0) is 25.8 Å². The minimum Gasteiger partial charge on any atom is -0.492 e. The third kappa shape index (κ3) is 2.47. The van der Waals surface area contributed by atoms with E-state index in [1.807, 2.05) is 6.92 Å². The number of aromatic nitrogens is 1. The van der Waals surface area contributed by atoms with Gasteiger partial charge in [-0.1, -0.05) is 12.8 Å². The number of hydrogen-bond acceptors (Lipinski definition) is 4. The van der Waals surface area contributed by atoms with Crippen LogP contribution in [0, 0.1) is 0 Å². The molecule has 2 N–H and O–H groups in total. The maximum Gasteiger partial charge on any atom is 0.184 e. The number of nitrogens with two attached hydrogens (primary N) is 1. The zero-order valence-electron chi connectivity index (χ0n) is 10.1. The van der Waals surface area contributed by atoms with Crippen molar-refractivity contribution in [2.24, 2.45) is 5.73 Å². The van der Waals surface area contributed by atoms with Gasteiger partial charge in [0.2, 0.25) is 0 Å². The molecule has 92 valence electrons. The van der Waals surface area contributed by atoms with Crippen LogP contribution in [0.2, 0.25) is 0 Å². The van der Waals surface area contributed by atoms with Crippen LogP contribution in [0.1, 0.15) is 43.0 Å². The number of carbonyl (C=O) groups is 1. The number of rotatable bonds is 4. The number of ether oxygens (including phenoxy) is 1. The molecule has 0 saturated heterocycles. The quantitative estimate of drug-likeness (QED) is 0.808. The summed E-state index contributed by atoms with van der Waals surface area (Å²) in [6, 6.07) is 1.73. The van der Waals surface area contributed by atoms with Crippen molar-refractivity contribution in [3.8, 4) is 5.75 Å². The van der Waals surface area contributed by atoms with Crippen LogP contribution < -0.4 is 10.5 Å². The van der Waals surface area contributed by atoms with Crippen LogP contribution in [0.5, 0.6) is 5.75 Å². The van der Waals surface area contributed by atoms with E-state index < -0.39 is 5.54 Å². The van der Waals surface area contributed by atoms with Crippen LogP contribution in [-0.4, -0.2) is 22.9 Å².